The molecule has 8 heteroatoms. The Kier molecular flexibility index (Phi) is 8.59. The molecular formula is C27H34FN3O3S. The number of nitrogens with zero attached hydrogens (tertiary/aromatic N) is 3. The highest BCUT2D eigenvalue weighted by Gasteiger charge is 2.35. The van der Waals surface area contributed by atoms with E-state index in [1.165, 1.54) is 0 Å². The van der Waals surface area contributed by atoms with Crippen molar-refractivity contribution in [2.24, 2.45) is 5.41 Å². The summed E-state index contributed by atoms with van der Waals surface area (Å²) in [6.07, 6.45) is 4.50. The number of piperidine rings is 1. The van der Waals surface area contributed by atoms with Gasteiger partial charge in [-0.2, -0.15) is 12.6 Å². The molecule has 1 saturated heterocycles. The van der Waals surface area contributed by atoms with Gasteiger partial charge in [0.15, 0.2) is 0 Å². The molecule has 35 heavy (non-hydrogen) atoms. The molecule has 0 saturated carbocycles. The Hall–Kier alpha value is -2.26. The van der Waals surface area contributed by atoms with Crippen molar-refractivity contribution in [1.29, 1.82) is 0 Å². The van der Waals surface area contributed by atoms with E-state index in [0.29, 0.717) is 34.2 Å². The molecule has 0 radical (unpaired) electrons. The fourth-order valence-electron chi connectivity index (χ4n) is 5.04. The summed E-state index contributed by atoms with van der Waals surface area (Å²) < 4.78 is 21.1. The normalized spacial score (nSPS) is 17.9. The molecule has 4 rings (SSSR count). The average Bonchev–Trinajstić information content (AvgIpc) is 2.92. The standard InChI is InChI=1S/C27H34FN3O3S/c1-34-20-5-6-23-21(14-20)26(19(17-32)15-30-23)22(28)7-8-27(18-33)9-12-31(13-10-27)16-25(35)24-4-2-3-11-29-24/h2-6,11,14-15,22,25,32-33,35H,7-10,12-13,16-18H2,1H3/t22-,25?/m0/s1. The zero-order chi connectivity index (χ0) is 24.8. The van der Waals surface area contributed by atoms with Gasteiger partial charge in [0.05, 0.1) is 30.2 Å². The number of pyridine rings is 2. The van der Waals surface area contributed by atoms with Crippen LogP contribution in [-0.4, -0.2) is 58.4 Å². The Bertz CT molecular complexity index is 1100. The summed E-state index contributed by atoms with van der Waals surface area (Å²) in [5, 5.41) is 20.8. The van der Waals surface area contributed by atoms with Crippen LogP contribution in [0.15, 0.2) is 48.8 Å². The third-order valence-electron chi connectivity index (χ3n) is 7.32. The summed E-state index contributed by atoms with van der Waals surface area (Å²) in [4.78, 5) is 11.1. The van der Waals surface area contributed by atoms with Crippen LogP contribution in [0.25, 0.3) is 10.9 Å². The molecule has 6 nitrogen and oxygen atoms in total. The molecule has 1 aliphatic heterocycles. The van der Waals surface area contributed by atoms with E-state index in [9.17, 15) is 10.2 Å². The van der Waals surface area contributed by atoms with E-state index in [0.717, 1.165) is 38.2 Å². The molecule has 0 amide bonds. The van der Waals surface area contributed by atoms with E-state index in [2.05, 4.69) is 14.9 Å². The Balaban J connectivity index is 1.42. The average molecular weight is 500 g/mol. The summed E-state index contributed by atoms with van der Waals surface area (Å²) in [5.41, 5.74) is 2.27. The van der Waals surface area contributed by atoms with Gasteiger partial charge in [0.2, 0.25) is 0 Å². The van der Waals surface area contributed by atoms with Crippen LogP contribution in [0.1, 0.15) is 53.9 Å². The van der Waals surface area contributed by atoms with E-state index in [4.69, 9.17) is 17.4 Å². The first-order valence-corrected chi connectivity index (χ1v) is 12.6. The maximum atomic E-state index is 15.8. The van der Waals surface area contributed by atoms with Gasteiger partial charge >= 0.3 is 0 Å². The molecule has 2 atom stereocenters. The number of fused-ring (bicyclic) bond motifs is 1. The molecule has 1 aromatic carbocycles. The Morgan fingerprint density at radius 1 is 1.17 bits per heavy atom. The minimum absolute atomic E-state index is 0.0295. The third-order valence-corrected chi connectivity index (χ3v) is 7.75. The van der Waals surface area contributed by atoms with Crippen molar-refractivity contribution in [2.45, 2.75) is 43.7 Å². The van der Waals surface area contributed by atoms with Crippen molar-refractivity contribution >= 4 is 23.5 Å². The third kappa shape index (κ3) is 5.94. The van der Waals surface area contributed by atoms with Crippen LogP contribution in [0.3, 0.4) is 0 Å². The van der Waals surface area contributed by atoms with Crippen LogP contribution in [0.5, 0.6) is 5.75 Å². The monoisotopic (exact) mass is 499 g/mol. The lowest BCUT2D eigenvalue weighted by Crippen LogP contribution is -2.43. The largest absolute Gasteiger partial charge is 0.497 e. The minimum Gasteiger partial charge on any atom is -0.497 e. The summed E-state index contributed by atoms with van der Waals surface area (Å²) in [7, 11) is 1.57. The molecule has 0 spiro atoms. The first-order valence-electron chi connectivity index (χ1n) is 12.1. The van der Waals surface area contributed by atoms with Crippen molar-refractivity contribution in [3.63, 3.8) is 0 Å². The molecule has 2 aromatic heterocycles. The van der Waals surface area contributed by atoms with E-state index in [-0.39, 0.29) is 30.3 Å². The highest BCUT2D eigenvalue weighted by molar-refractivity contribution is 7.80. The predicted molar refractivity (Wildman–Crippen MR) is 138 cm³/mol. The maximum absolute atomic E-state index is 15.8. The van der Waals surface area contributed by atoms with Crippen LogP contribution in [-0.2, 0) is 6.61 Å². The van der Waals surface area contributed by atoms with Gasteiger partial charge in [-0.3, -0.25) is 9.97 Å². The number of likely N-dealkylation sites (tertiary alicyclic amines) is 1. The number of aromatic nitrogens is 2. The number of aliphatic hydroxyl groups is 2. The van der Waals surface area contributed by atoms with Crippen LogP contribution < -0.4 is 4.74 Å². The van der Waals surface area contributed by atoms with Gasteiger partial charge in [-0.05, 0) is 74.5 Å². The van der Waals surface area contributed by atoms with Gasteiger partial charge in [-0.15, -0.1) is 0 Å². The zero-order valence-corrected chi connectivity index (χ0v) is 21.0. The second-order valence-electron chi connectivity index (χ2n) is 9.47. The number of alkyl halides is 1. The van der Waals surface area contributed by atoms with Gasteiger partial charge in [-0.1, -0.05) is 6.07 Å². The van der Waals surface area contributed by atoms with Crippen molar-refractivity contribution in [1.82, 2.24) is 14.9 Å². The van der Waals surface area contributed by atoms with E-state index < -0.39 is 6.17 Å². The Morgan fingerprint density at radius 2 is 1.97 bits per heavy atom. The molecule has 3 heterocycles. The number of rotatable bonds is 10. The van der Waals surface area contributed by atoms with Crippen LogP contribution in [0, 0.1) is 5.41 Å². The quantitative estimate of drug-likeness (QED) is 0.352. The van der Waals surface area contributed by atoms with Crippen molar-refractivity contribution in [2.75, 3.05) is 33.4 Å². The number of halogens is 1. The number of hydrogen-bond acceptors (Lipinski definition) is 7. The highest BCUT2D eigenvalue weighted by Crippen LogP contribution is 2.41. The van der Waals surface area contributed by atoms with E-state index in [1.807, 2.05) is 18.2 Å². The molecule has 0 aliphatic carbocycles. The van der Waals surface area contributed by atoms with E-state index in [1.54, 1.807) is 37.7 Å². The molecule has 1 aliphatic rings. The number of benzene rings is 1. The van der Waals surface area contributed by atoms with Gasteiger partial charge < -0.3 is 19.8 Å². The highest BCUT2D eigenvalue weighted by atomic mass is 32.1. The van der Waals surface area contributed by atoms with Gasteiger partial charge in [0.25, 0.3) is 0 Å². The number of aliphatic hydroxyl groups excluding tert-OH is 2. The lowest BCUT2D eigenvalue weighted by Gasteiger charge is -2.41. The smallest absolute Gasteiger partial charge is 0.126 e. The SMILES string of the molecule is COc1ccc2ncc(CO)c([C@@H](F)CCC3(CO)CCN(CC(S)c4ccccn4)CC3)c2c1. The Labute approximate surface area is 211 Å². The second kappa shape index (κ2) is 11.6. The fraction of sp³-hybridized carbons (Fsp3) is 0.481. The molecular weight excluding hydrogens is 465 g/mol. The van der Waals surface area contributed by atoms with Crippen LogP contribution in [0.4, 0.5) is 4.39 Å². The van der Waals surface area contributed by atoms with Crippen molar-refractivity contribution < 1.29 is 19.3 Å². The number of ether oxygens (including phenoxy) is 1. The summed E-state index contributed by atoms with van der Waals surface area (Å²) in [5.74, 6) is 0.621. The first kappa shape index (κ1) is 25.8. The first-order chi connectivity index (χ1) is 17.0. The van der Waals surface area contributed by atoms with Crippen molar-refractivity contribution in [3.05, 3.63) is 65.6 Å². The zero-order valence-electron chi connectivity index (χ0n) is 20.1. The number of thiol groups is 1. The minimum atomic E-state index is -1.28. The maximum Gasteiger partial charge on any atom is 0.126 e. The second-order valence-corrected chi connectivity index (χ2v) is 10.1. The Morgan fingerprint density at radius 3 is 2.63 bits per heavy atom. The van der Waals surface area contributed by atoms with Gasteiger partial charge in [0, 0.05) is 42.1 Å². The lowest BCUT2D eigenvalue weighted by atomic mass is 9.74. The summed E-state index contributed by atoms with van der Waals surface area (Å²) >= 11 is 4.73. The molecule has 3 aromatic rings. The number of methoxy groups -OCH3 is 1. The van der Waals surface area contributed by atoms with E-state index >= 15 is 4.39 Å². The summed E-state index contributed by atoms with van der Waals surface area (Å²) in [6, 6.07) is 11.2. The molecule has 188 valence electrons. The molecule has 1 fully saturated rings. The molecule has 2 N–H and O–H groups in total. The molecule has 1 unspecified atom stereocenters. The van der Waals surface area contributed by atoms with Crippen molar-refractivity contribution in [3.8, 4) is 5.75 Å². The predicted octanol–water partition coefficient (Wildman–Crippen LogP) is 4.67. The van der Waals surface area contributed by atoms with Gasteiger partial charge in [-0.25, -0.2) is 4.39 Å². The van der Waals surface area contributed by atoms with Gasteiger partial charge in [0.1, 0.15) is 11.9 Å². The fourth-order valence-corrected chi connectivity index (χ4v) is 5.43. The summed E-state index contributed by atoms with van der Waals surface area (Å²) in [6.45, 7) is 2.21. The van der Waals surface area contributed by atoms with Crippen LogP contribution in [0.2, 0.25) is 0 Å². The topological polar surface area (TPSA) is 78.7 Å². The number of hydrogen-bond donors (Lipinski definition) is 3. The molecule has 0 bridgehead atoms. The lowest BCUT2D eigenvalue weighted by molar-refractivity contribution is 0.0303. The van der Waals surface area contributed by atoms with Crippen LogP contribution >= 0.6 is 12.6 Å².